The third kappa shape index (κ3) is 4.95. The van der Waals surface area contributed by atoms with Gasteiger partial charge in [-0.1, -0.05) is 6.42 Å². The second-order valence-electron chi connectivity index (χ2n) is 7.37. The minimum Gasteiger partial charge on any atom is -0.373 e. The highest BCUT2D eigenvalue weighted by atomic mass is 32.2. The Labute approximate surface area is 156 Å². The summed E-state index contributed by atoms with van der Waals surface area (Å²) < 4.78 is 23.0. The maximum atomic E-state index is 12.4. The van der Waals surface area contributed by atoms with Gasteiger partial charge >= 0.3 is 0 Å². The Morgan fingerprint density at radius 1 is 1.08 bits per heavy atom. The van der Waals surface area contributed by atoms with Crippen molar-refractivity contribution in [3.63, 3.8) is 0 Å². The number of rotatable bonds is 6. The van der Waals surface area contributed by atoms with E-state index in [-0.39, 0.29) is 10.7 Å². The summed E-state index contributed by atoms with van der Waals surface area (Å²) in [5, 5.41) is 0. The van der Waals surface area contributed by atoms with Crippen LogP contribution in [0.15, 0.2) is 41.4 Å². The number of hydrogen-bond donors (Lipinski definition) is 0. The van der Waals surface area contributed by atoms with Gasteiger partial charge in [0.15, 0.2) is 15.6 Å². The first kappa shape index (κ1) is 19.1. The second-order valence-corrected chi connectivity index (χ2v) is 9.39. The van der Waals surface area contributed by atoms with Crippen LogP contribution >= 0.6 is 0 Å². The maximum Gasteiger partial charge on any atom is 0.187 e. The van der Waals surface area contributed by atoms with Gasteiger partial charge in [-0.2, -0.15) is 0 Å². The number of benzene rings is 1. The number of piperidine rings is 1. The molecule has 2 saturated heterocycles. The molecule has 2 fully saturated rings. The molecule has 142 valence electrons. The van der Waals surface area contributed by atoms with Crippen LogP contribution < -0.4 is 0 Å². The summed E-state index contributed by atoms with van der Waals surface area (Å²) in [7, 11) is -3.23. The number of sulfone groups is 1. The zero-order valence-corrected chi connectivity index (χ0v) is 16.2. The minimum atomic E-state index is -3.23. The number of carbonyl (C=O) groups excluding carboxylic acids is 1. The zero-order chi connectivity index (χ0) is 18.6. The SMILES string of the molecule is CS(=O)(=O)c1ccc(C(=O)/C=C/N2CCC[C@H]2CN2CCCCC2)cc1. The van der Waals surface area contributed by atoms with Crippen LogP contribution in [0, 0.1) is 0 Å². The molecule has 6 heteroatoms. The van der Waals surface area contributed by atoms with E-state index in [2.05, 4.69) is 9.80 Å². The summed E-state index contributed by atoms with van der Waals surface area (Å²) in [6.07, 6.45) is 11.0. The van der Waals surface area contributed by atoms with Crippen molar-refractivity contribution in [2.24, 2.45) is 0 Å². The molecule has 0 amide bonds. The van der Waals surface area contributed by atoms with E-state index in [0.29, 0.717) is 11.6 Å². The van der Waals surface area contributed by atoms with Crippen LogP contribution in [0.25, 0.3) is 0 Å². The van der Waals surface area contributed by atoms with Gasteiger partial charge in [-0.25, -0.2) is 8.42 Å². The Morgan fingerprint density at radius 3 is 2.42 bits per heavy atom. The molecule has 0 unspecified atom stereocenters. The van der Waals surface area contributed by atoms with E-state index in [1.165, 1.54) is 63.6 Å². The van der Waals surface area contributed by atoms with E-state index >= 15 is 0 Å². The molecule has 2 aliphatic heterocycles. The number of ketones is 1. The van der Waals surface area contributed by atoms with E-state index in [1.807, 2.05) is 6.20 Å². The standard InChI is InChI=1S/C20H28N2O3S/c1-26(24,25)19-9-7-17(8-10-19)20(23)11-15-22-14-5-6-18(22)16-21-12-3-2-4-13-21/h7-11,15,18H,2-6,12-14,16H2,1H3/b15-11+/t18-/m0/s1. The fourth-order valence-corrected chi connectivity index (χ4v) is 4.45. The molecule has 5 nitrogen and oxygen atoms in total. The van der Waals surface area contributed by atoms with Crippen molar-refractivity contribution in [2.75, 3.05) is 32.4 Å². The van der Waals surface area contributed by atoms with Crippen molar-refractivity contribution < 1.29 is 13.2 Å². The Bertz CT molecular complexity index is 750. The molecule has 26 heavy (non-hydrogen) atoms. The Morgan fingerprint density at radius 2 is 1.77 bits per heavy atom. The lowest BCUT2D eigenvalue weighted by Crippen LogP contribution is -2.40. The first-order valence-electron chi connectivity index (χ1n) is 9.44. The summed E-state index contributed by atoms with van der Waals surface area (Å²) in [6, 6.07) is 6.64. The molecule has 1 atom stereocenters. The fraction of sp³-hybridized carbons (Fsp3) is 0.550. The molecule has 3 rings (SSSR count). The number of nitrogens with zero attached hydrogens (tertiary/aromatic N) is 2. The van der Waals surface area contributed by atoms with Gasteiger partial charge < -0.3 is 9.80 Å². The highest BCUT2D eigenvalue weighted by molar-refractivity contribution is 7.90. The van der Waals surface area contributed by atoms with Crippen LogP contribution in [0.3, 0.4) is 0 Å². The molecule has 1 aromatic rings. The largest absolute Gasteiger partial charge is 0.373 e. The van der Waals surface area contributed by atoms with Crippen molar-refractivity contribution in [3.05, 3.63) is 42.1 Å². The molecule has 0 saturated carbocycles. The van der Waals surface area contributed by atoms with Gasteiger partial charge in [-0.15, -0.1) is 0 Å². The van der Waals surface area contributed by atoms with Gasteiger partial charge in [0.05, 0.1) is 4.90 Å². The summed E-state index contributed by atoms with van der Waals surface area (Å²) in [4.78, 5) is 17.5. The number of allylic oxidation sites excluding steroid dienone is 1. The number of likely N-dealkylation sites (tertiary alicyclic amines) is 2. The summed E-state index contributed by atoms with van der Waals surface area (Å²) in [5.74, 6) is -0.0892. The predicted molar refractivity (Wildman–Crippen MR) is 103 cm³/mol. The lowest BCUT2D eigenvalue weighted by Gasteiger charge is -2.32. The number of hydrogen-bond acceptors (Lipinski definition) is 5. The molecule has 0 spiro atoms. The molecule has 0 bridgehead atoms. The number of carbonyl (C=O) groups is 1. The van der Waals surface area contributed by atoms with E-state index in [4.69, 9.17) is 0 Å². The van der Waals surface area contributed by atoms with E-state index in [0.717, 1.165) is 13.1 Å². The summed E-state index contributed by atoms with van der Waals surface area (Å²) in [6.45, 7) is 4.47. The fourth-order valence-electron chi connectivity index (χ4n) is 3.82. The van der Waals surface area contributed by atoms with E-state index < -0.39 is 9.84 Å². The first-order chi connectivity index (χ1) is 12.4. The molecule has 0 aliphatic carbocycles. The molecule has 0 radical (unpaired) electrons. The molecular formula is C20H28N2O3S. The quantitative estimate of drug-likeness (QED) is 0.564. The zero-order valence-electron chi connectivity index (χ0n) is 15.4. The van der Waals surface area contributed by atoms with Crippen molar-refractivity contribution in [1.82, 2.24) is 9.80 Å². The van der Waals surface area contributed by atoms with Crippen molar-refractivity contribution in [3.8, 4) is 0 Å². The minimum absolute atomic E-state index is 0.0892. The van der Waals surface area contributed by atoms with Gasteiger partial charge in [0.2, 0.25) is 0 Å². The first-order valence-corrected chi connectivity index (χ1v) is 11.3. The normalized spacial score (nSPS) is 22.2. The average Bonchev–Trinajstić information content (AvgIpc) is 3.07. The molecule has 2 heterocycles. The van der Waals surface area contributed by atoms with Gasteiger partial charge in [0.1, 0.15) is 0 Å². The van der Waals surface area contributed by atoms with Crippen LogP contribution in [0.5, 0.6) is 0 Å². The third-order valence-electron chi connectivity index (χ3n) is 5.32. The van der Waals surface area contributed by atoms with Crippen LogP contribution in [0.4, 0.5) is 0 Å². The Hall–Kier alpha value is -1.66. The molecular weight excluding hydrogens is 348 g/mol. The topological polar surface area (TPSA) is 57.7 Å². The Balaban J connectivity index is 1.59. The molecule has 1 aromatic carbocycles. The maximum absolute atomic E-state index is 12.4. The van der Waals surface area contributed by atoms with Gasteiger partial charge in [-0.3, -0.25) is 4.79 Å². The average molecular weight is 377 g/mol. The van der Waals surface area contributed by atoms with Crippen molar-refractivity contribution in [2.45, 2.75) is 43.0 Å². The van der Waals surface area contributed by atoms with E-state index in [9.17, 15) is 13.2 Å². The molecule has 2 aliphatic rings. The predicted octanol–water partition coefficient (Wildman–Crippen LogP) is 2.74. The lowest BCUT2D eigenvalue weighted by atomic mass is 10.1. The molecule has 0 aromatic heterocycles. The van der Waals surface area contributed by atoms with Crippen molar-refractivity contribution >= 4 is 15.6 Å². The van der Waals surface area contributed by atoms with Crippen LogP contribution in [-0.2, 0) is 9.84 Å². The van der Waals surface area contributed by atoms with Crippen molar-refractivity contribution in [1.29, 1.82) is 0 Å². The summed E-state index contributed by atoms with van der Waals surface area (Å²) >= 11 is 0. The third-order valence-corrected chi connectivity index (χ3v) is 6.45. The second kappa shape index (κ2) is 8.35. The summed E-state index contributed by atoms with van der Waals surface area (Å²) in [5.41, 5.74) is 0.514. The molecule has 0 N–H and O–H groups in total. The van der Waals surface area contributed by atoms with Gasteiger partial charge in [-0.05, 0) is 63.0 Å². The van der Waals surface area contributed by atoms with E-state index in [1.54, 1.807) is 18.2 Å². The van der Waals surface area contributed by atoms with Crippen LogP contribution in [0.2, 0.25) is 0 Å². The van der Waals surface area contributed by atoms with Crippen LogP contribution in [0.1, 0.15) is 42.5 Å². The lowest BCUT2D eigenvalue weighted by molar-refractivity contribution is 0.104. The van der Waals surface area contributed by atoms with Crippen LogP contribution in [-0.4, -0.2) is 62.5 Å². The highest BCUT2D eigenvalue weighted by Gasteiger charge is 2.24. The highest BCUT2D eigenvalue weighted by Crippen LogP contribution is 2.21. The monoisotopic (exact) mass is 376 g/mol. The van der Waals surface area contributed by atoms with Gasteiger partial charge in [0, 0.05) is 43.2 Å². The van der Waals surface area contributed by atoms with Gasteiger partial charge in [0.25, 0.3) is 0 Å². The smallest absolute Gasteiger partial charge is 0.187 e. The Kier molecular flexibility index (Phi) is 6.14.